The summed E-state index contributed by atoms with van der Waals surface area (Å²) in [5, 5.41) is 11.7. The van der Waals surface area contributed by atoms with Crippen molar-refractivity contribution in [3.63, 3.8) is 0 Å². The van der Waals surface area contributed by atoms with Gasteiger partial charge in [-0.15, -0.1) is 0 Å². The maximum atomic E-state index is 10.2. The molecule has 4 nitrogen and oxygen atoms in total. The number of nitrogens with zero attached hydrogens (tertiary/aromatic N) is 1. The molecule has 0 unspecified atom stereocenters. The molecule has 3 aromatic rings. The van der Waals surface area contributed by atoms with E-state index in [9.17, 15) is 5.11 Å². The van der Waals surface area contributed by atoms with E-state index in [2.05, 4.69) is 4.98 Å². The Morgan fingerprint density at radius 1 is 1.00 bits per heavy atom. The second-order valence-corrected chi connectivity index (χ2v) is 4.61. The fourth-order valence-corrected chi connectivity index (χ4v) is 2.43. The fourth-order valence-electron chi connectivity index (χ4n) is 2.43. The van der Waals surface area contributed by atoms with Gasteiger partial charge >= 0.3 is 0 Å². The van der Waals surface area contributed by atoms with Crippen molar-refractivity contribution >= 4 is 10.8 Å². The van der Waals surface area contributed by atoms with Gasteiger partial charge in [0, 0.05) is 22.5 Å². The highest BCUT2D eigenvalue weighted by Gasteiger charge is 2.13. The third-order valence-electron chi connectivity index (χ3n) is 3.43. The van der Waals surface area contributed by atoms with E-state index in [0.29, 0.717) is 5.88 Å². The number of aromatic nitrogens is 1. The maximum Gasteiger partial charge on any atom is 0.221 e. The number of ether oxygens (including phenoxy) is 2. The maximum absolute atomic E-state index is 10.2. The first kappa shape index (κ1) is 13.2. The predicted octanol–water partition coefficient (Wildman–Crippen LogP) is 3.62. The van der Waals surface area contributed by atoms with Crippen LogP contribution < -0.4 is 9.47 Å². The number of hydrogen-bond donors (Lipinski definition) is 1. The monoisotopic (exact) mass is 281 g/mol. The Hall–Kier alpha value is -2.75. The number of phenols is 1. The second kappa shape index (κ2) is 5.32. The first-order valence-electron chi connectivity index (χ1n) is 6.53. The zero-order valence-electron chi connectivity index (χ0n) is 11.8. The van der Waals surface area contributed by atoms with E-state index in [1.807, 2.05) is 30.3 Å². The highest BCUT2D eigenvalue weighted by Crippen LogP contribution is 2.38. The molecule has 4 heteroatoms. The summed E-state index contributed by atoms with van der Waals surface area (Å²) in [7, 11) is 3.19. The number of phenolic OH excluding ortho intramolecular Hbond substituents is 1. The SMILES string of the molecule is COc1cccc(-c2cnc(OC)c3cccc(O)c23)c1. The minimum atomic E-state index is 0.200. The minimum absolute atomic E-state index is 0.200. The van der Waals surface area contributed by atoms with Crippen LogP contribution in [0.3, 0.4) is 0 Å². The summed E-state index contributed by atoms with van der Waals surface area (Å²) >= 11 is 0. The van der Waals surface area contributed by atoms with E-state index < -0.39 is 0 Å². The molecule has 21 heavy (non-hydrogen) atoms. The van der Waals surface area contributed by atoms with Gasteiger partial charge in [-0.25, -0.2) is 4.98 Å². The van der Waals surface area contributed by atoms with Gasteiger partial charge in [0.2, 0.25) is 5.88 Å². The van der Waals surface area contributed by atoms with Crippen LogP contribution in [0.15, 0.2) is 48.7 Å². The summed E-state index contributed by atoms with van der Waals surface area (Å²) in [6.45, 7) is 0. The van der Waals surface area contributed by atoms with Crippen LogP contribution >= 0.6 is 0 Å². The van der Waals surface area contributed by atoms with Crippen LogP contribution in [0.25, 0.3) is 21.9 Å². The Morgan fingerprint density at radius 3 is 2.57 bits per heavy atom. The minimum Gasteiger partial charge on any atom is -0.507 e. The van der Waals surface area contributed by atoms with Crippen LogP contribution in [0.1, 0.15) is 0 Å². The molecular formula is C17H15NO3. The molecule has 0 atom stereocenters. The van der Waals surface area contributed by atoms with E-state index in [-0.39, 0.29) is 5.75 Å². The Balaban J connectivity index is 2.32. The largest absolute Gasteiger partial charge is 0.507 e. The molecule has 0 spiro atoms. The van der Waals surface area contributed by atoms with Crippen molar-refractivity contribution in [3.05, 3.63) is 48.7 Å². The fraction of sp³-hybridized carbons (Fsp3) is 0.118. The van der Waals surface area contributed by atoms with E-state index in [4.69, 9.17) is 9.47 Å². The van der Waals surface area contributed by atoms with Crippen LogP contribution in [0, 0.1) is 0 Å². The number of hydrogen-bond acceptors (Lipinski definition) is 4. The van der Waals surface area contributed by atoms with Crippen molar-refractivity contribution in [2.45, 2.75) is 0 Å². The van der Waals surface area contributed by atoms with Gasteiger partial charge in [0.1, 0.15) is 11.5 Å². The standard InChI is InChI=1S/C17H15NO3/c1-20-12-6-3-5-11(9-12)14-10-18-17(21-2)13-7-4-8-15(19)16(13)14/h3-10,19H,1-2H3. The van der Waals surface area contributed by atoms with Gasteiger partial charge in [-0.05, 0) is 29.8 Å². The molecule has 2 aromatic carbocycles. The van der Waals surface area contributed by atoms with E-state index in [0.717, 1.165) is 27.6 Å². The van der Waals surface area contributed by atoms with Crippen molar-refractivity contribution in [1.29, 1.82) is 0 Å². The van der Waals surface area contributed by atoms with Crippen LogP contribution in [0.5, 0.6) is 17.4 Å². The predicted molar refractivity (Wildman–Crippen MR) is 81.9 cm³/mol. The molecular weight excluding hydrogens is 266 g/mol. The van der Waals surface area contributed by atoms with Crippen molar-refractivity contribution < 1.29 is 14.6 Å². The van der Waals surface area contributed by atoms with Crippen molar-refractivity contribution in [2.24, 2.45) is 0 Å². The molecule has 3 rings (SSSR count). The Kier molecular flexibility index (Phi) is 3.36. The summed E-state index contributed by atoms with van der Waals surface area (Å²) in [4.78, 5) is 4.32. The number of methoxy groups -OCH3 is 2. The molecule has 1 heterocycles. The zero-order chi connectivity index (χ0) is 14.8. The quantitative estimate of drug-likeness (QED) is 0.796. The summed E-state index contributed by atoms with van der Waals surface area (Å²) in [6, 6.07) is 13.0. The molecule has 1 N–H and O–H groups in total. The lowest BCUT2D eigenvalue weighted by Crippen LogP contribution is -1.92. The average molecular weight is 281 g/mol. The Labute approximate surface area is 122 Å². The van der Waals surface area contributed by atoms with Crippen LogP contribution in [0.4, 0.5) is 0 Å². The lowest BCUT2D eigenvalue weighted by Gasteiger charge is -2.11. The molecule has 0 bridgehead atoms. The van der Waals surface area contributed by atoms with E-state index in [1.165, 1.54) is 0 Å². The first-order valence-corrected chi connectivity index (χ1v) is 6.53. The molecule has 0 aliphatic carbocycles. The van der Waals surface area contributed by atoms with Crippen molar-refractivity contribution in [2.75, 3.05) is 14.2 Å². The van der Waals surface area contributed by atoms with Gasteiger partial charge < -0.3 is 14.6 Å². The Bertz CT molecular complexity index is 799. The number of aromatic hydroxyl groups is 1. The lowest BCUT2D eigenvalue weighted by atomic mass is 10.00. The Morgan fingerprint density at radius 2 is 1.81 bits per heavy atom. The summed E-state index contributed by atoms with van der Waals surface area (Å²) < 4.78 is 10.5. The molecule has 0 saturated carbocycles. The van der Waals surface area contributed by atoms with Gasteiger partial charge in [0.15, 0.2) is 0 Å². The van der Waals surface area contributed by atoms with Crippen LogP contribution in [-0.2, 0) is 0 Å². The molecule has 1 aromatic heterocycles. The highest BCUT2D eigenvalue weighted by molar-refractivity contribution is 6.02. The van der Waals surface area contributed by atoms with Gasteiger partial charge in [-0.3, -0.25) is 0 Å². The molecule has 0 aliphatic heterocycles. The normalized spacial score (nSPS) is 10.6. The summed E-state index contributed by atoms with van der Waals surface area (Å²) in [5.41, 5.74) is 1.76. The summed E-state index contributed by atoms with van der Waals surface area (Å²) in [5.74, 6) is 1.45. The van der Waals surface area contributed by atoms with Crippen molar-refractivity contribution in [3.8, 4) is 28.5 Å². The summed E-state index contributed by atoms with van der Waals surface area (Å²) in [6.07, 6.45) is 1.70. The van der Waals surface area contributed by atoms with Crippen molar-refractivity contribution in [1.82, 2.24) is 4.98 Å². The lowest BCUT2D eigenvalue weighted by molar-refractivity contribution is 0.403. The number of rotatable bonds is 3. The molecule has 0 radical (unpaired) electrons. The van der Waals surface area contributed by atoms with Gasteiger partial charge in [0.25, 0.3) is 0 Å². The third-order valence-corrected chi connectivity index (χ3v) is 3.43. The number of pyridine rings is 1. The topological polar surface area (TPSA) is 51.6 Å². The highest BCUT2D eigenvalue weighted by atomic mass is 16.5. The van der Waals surface area contributed by atoms with E-state index >= 15 is 0 Å². The molecule has 0 fully saturated rings. The number of fused-ring (bicyclic) bond motifs is 1. The first-order chi connectivity index (χ1) is 10.2. The van der Waals surface area contributed by atoms with Crippen LogP contribution in [0.2, 0.25) is 0 Å². The second-order valence-electron chi connectivity index (χ2n) is 4.61. The van der Waals surface area contributed by atoms with Crippen LogP contribution in [-0.4, -0.2) is 24.3 Å². The zero-order valence-corrected chi connectivity index (χ0v) is 11.8. The van der Waals surface area contributed by atoms with Gasteiger partial charge in [-0.1, -0.05) is 18.2 Å². The molecule has 0 saturated heterocycles. The molecule has 0 aliphatic rings. The molecule has 106 valence electrons. The van der Waals surface area contributed by atoms with Gasteiger partial charge in [0.05, 0.1) is 14.2 Å². The smallest absolute Gasteiger partial charge is 0.221 e. The average Bonchev–Trinajstić information content (AvgIpc) is 2.54. The van der Waals surface area contributed by atoms with Gasteiger partial charge in [-0.2, -0.15) is 0 Å². The number of benzene rings is 2. The molecule has 0 amide bonds. The third kappa shape index (κ3) is 2.25. The van der Waals surface area contributed by atoms with E-state index in [1.54, 1.807) is 32.5 Å².